The van der Waals surface area contributed by atoms with Crippen LogP contribution in [0.15, 0.2) is 54.6 Å². The average Bonchev–Trinajstić information content (AvgIpc) is 2.61. The predicted molar refractivity (Wildman–Crippen MR) is 97.4 cm³/mol. The van der Waals surface area contributed by atoms with Crippen LogP contribution in [-0.4, -0.2) is 31.4 Å². The molecule has 126 valence electrons. The van der Waals surface area contributed by atoms with Crippen LogP contribution < -0.4 is 15.5 Å². The van der Waals surface area contributed by atoms with E-state index in [0.717, 1.165) is 12.2 Å². The van der Waals surface area contributed by atoms with E-state index in [4.69, 9.17) is 0 Å². The van der Waals surface area contributed by atoms with Crippen molar-refractivity contribution in [1.82, 2.24) is 5.32 Å². The van der Waals surface area contributed by atoms with Gasteiger partial charge in [-0.1, -0.05) is 18.2 Å². The number of carbonyl (C=O) groups is 2. The summed E-state index contributed by atoms with van der Waals surface area (Å²) >= 11 is 0. The molecule has 2 rings (SSSR count). The number of hydrogen-bond acceptors (Lipinski definition) is 3. The molecule has 0 fully saturated rings. The van der Waals surface area contributed by atoms with E-state index in [0.29, 0.717) is 17.8 Å². The van der Waals surface area contributed by atoms with Crippen molar-refractivity contribution >= 4 is 23.2 Å². The van der Waals surface area contributed by atoms with Crippen molar-refractivity contribution in [3.63, 3.8) is 0 Å². The number of nitrogens with zero attached hydrogens (tertiary/aromatic N) is 1. The first-order valence-electron chi connectivity index (χ1n) is 8.12. The first-order valence-corrected chi connectivity index (χ1v) is 8.12. The van der Waals surface area contributed by atoms with Gasteiger partial charge in [0.15, 0.2) is 0 Å². The lowest BCUT2D eigenvalue weighted by Gasteiger charge is -2.22. The Bertz CT molecular complexity index is 669. The van der Waals surface area contributed by atoms with Crippen molar-refractivity contribution in [3.05, 3.63) is 60.2 Å². The fourth-order valence-corrected chi connectivity index (χ4v) is 2.37. The molecule has 0 heterocycles. The van der Waals surface area contributed by atoms with Crippen LogP contribution in [0.5, 0.6) is 0 Å². The molecule has 0 aromatic heterocycles. The van der Waals surface area contributed by atoms with E-state index in [9.17, 15) is 9.59 Å². The zero-order valence-corrected chi connectivity index (χ0v) is 14.1. The minimum atomic E-state index is -0.114. The van der Waals surface area contributed by atoms with Crippen LogP contribution in [-0.2, 0) is 4.79 Å². The molecule has 2 aromatic rings. The van der Waals surface area contributed by atoms with Crippen LogP contribution >= 0.6 is 0 Å². The zero-order chi connectivity index (χ0) is 17.4. The minimum Gasteiger partial charge on any atom is -0.362 e. The highest BCUT2D eigenvalue weighted by Gasteiger charge is 2.10. The standard InChI is InChI=1S/C19H23N3O2/c1-3-20-19(24)15-10-12-16(13-11-15)21-18(23)14-22(4-2)17-8-6-5-7-9-17/h5-13H,3-4,14H2,1-2H3,(H,20,24)(H,21,23). The summed E-state index contributed by atoms with van der Waals surface area (Å²) < 4.78 is 0. The average molecular weight is 325 g/mol. The van der Waals surface area contributed by atoms with E-state index in [1.165, 1.54) is 0 Å². The molecule has 0 aliphatic rings. The zero-order valence-electron chi connectivity index (χ0n) is 14.1. The molecular weight excluding hydrogens is 302 g/mol. The maximum atomic E-state index is 12.2. The van der Waals surface area contributed by atoms with Crippen molar-refractivity contribution in [2.45, 2.75) is 13.8 Å². The molecule has 0 saturated heterocycles. The summed E-state index contributed by atoms with van der Waals surface area (Å²) in [6.45, 7) is 5.50. The molecule has 0 aliphatic heterocycles. The molecule has 0 radical (unpaired) electrons. The summed E-state index contributed by atoms with van der Waals surface area (Å²) in [7, 11) is 0. The Hall–Kier alpha value is -2.82. The number of carbonyl (C=O) groups excluding carboxylic acids is 2. The molecule has 0 unspecified atom stereocenters. The fraction of sp³-hybridized carbons (Fsp3) is 0.263. The van der Waals surface area contributed by atoms with Gasteiger partial charge in [-0.3, -0.25) is 9.59 Å². The first kappa shape index (κ1) is 17.5. The van der Waals surface area contributed by atoms with Gasteiger partial charge in [-0.15, -0.1) is 0 Å². The molecule has 0 saturated carbocycles. The fourth-order valence-electron chi connectivity index (χ4n) is 2.37. The summed E-state index contributed by atoms with van der Waals surface area (Å²) in [4.78, 5) is 26.0. The van der Waals surface area contributed by atoms with Crippen LogP contribution in [0.25, 0.3) is 0 Å². The number of benzene rings is 2. The second-order valence-corrected chi connectivity index (χ2v) is 5.33. The Labute approximate surface area is 142 Å². The number of rotatable bonds is 7. The van der Waals surface area contributed by atoms with Gasteiger partial charge in [0, 0.05) is 30.0 Å². The number of likely N-dealkylation sites (N-methyl/N-ethyl adjacent to an activating group) is 1. The topological polar surface area (TPSA) is 61.4 Å². The Balaban J connectivity index is 1.95. The van der Waals surface area contributed by atoms with Gasteiger partial charge in [-0.25, -0.2) is 0 Å². The van der Waals surface area contributed by atoms with E-state index in [-0.39, 0.29) is 18.4 Å². The summed E-state index contributed by atoms with van der Waals surface area (Å²) in [5, 5.41) is 5.60. The van der Waals surface area contributed by atoms with Gasteiger partial charge in [-0.2, -0.15) is 0 Å². The van der Waals surface area contributed by atoms with Crippen LogP contribution in [0.4, 0.5) is 11.4 Å². The summed E-state index contributed by atoms with van der Waals surface area (Å²) in [5.74, 6) is -0.205. The van der Waals surface area contributed by atoms with Gasteiger partial charge < -0.3 is 15.5 Å². The minimum absolute atomic E-state index is 0.0912. The van der Waals surface area contributed by atoms with E-state index in [2.05, 4.69) is 10.6 Å². The van der Waals surface area contributed by atoms with Crippen molar-refractivity contribution in [2.24, 2.45) is 0 Å². The van der Waals surface area contributed by atoms with Crippen LogP contribution in [0.2, 0.25) is 0 Å². The third kappa shape index (κ3) is 4.84. The number of hydrogen-bond donors (Lipinski definition) is 2. The van der Waals surface area contributed by atoms with Crippen molar-refractivity contribution in [2.75, 3.05) is 29.9 Å². The molecule has 2 amide bonds. The van der Waals surface area contributed by atoms with E-state index >= 15 is 0 Å². The van der Waals surface area contributed by atoms with Gasteiger partial charge in [0.2, 0.25) is 5.91 Å². The van der Waals surface area contributed by atoms with E-state index in [1.54, 1.807) is 24.3 Å². The van der Waals surface area contributed by atoms with Gasteiger partial charge in [0.25, 0.3) is 5.91 Å². The van der Waals surface area contributed by atoms with Gasteiger partial charge in [0.05, 0.1) is 6.54 Å². The highest BCUT2D eigenvalue weighted by atomic mass is 16.2. The van der Waals surface area contributed by atoms with Gasteiger partial charge in [-0.05, 0) is 50.2 Å². The Morgan fingerprint density at radius 1 is 0.958 bits per heavy atom. The predicted octanol–water partition coefficient (Wildman–Crippen LogP) is 2.90. The van der Waals surface area contributed by atoms with E-state index < -0.39 is 0 Å². The molecule has 5 nitrogen and oxygen atoms in total. The molecule has 2 N–H and O–H groups in total. The quantitative estimate of drug-likeness (QED) is 0.823. The Morgan fingerprint density at radius 2 is 1.62 bits per heavy atom. The summed E-state index contributed by atoms with van der Waals surface area (Å²) in [6, 6.07) is 16.7. The van der Waals surface area contributed by atoms with E-state index in [1.807, 2.05) is 49.1 Å². The van der Waals surface area contributed by atoms with Crippen molar-refractivity contribution < 1.29 is 9.59 Å². The second-order valence-electron chi connectivity index (χ2n) is 5.33. The van der Waals surface area contributed by atoms with Gasteiger partial charge in [0.1, 0.15) is 0 Å². The number of nitrogens with one attached hydrogen (secondary N) is 2. The molecule has 0 spiro atoms. The SMILES string of the molecule is CCNC(=O)c1ccc(NC(=O)CN(CC)c2ccccc2)cc1. The van der Waals surface area contributed by atoms with Crippen LogP contribution in [0.3, 0.4) is 0 Å². The number of anilines is 2. The lowest BCUT2D eigenvalue weighted by Crippen LogP contribution is -2.33. The summed E-state index contributed by atoms with van der Waals surface area (Å²) in [6.07, 6.45) is 0. The highest BCUT2D eigenvalue weighted by molar-refractivity contribution is 5.96. The molecule has 24 heavy (non-hydrogen) atoms. The Kier molecular flexibility index (Phi) is 6.37. The molecule has 5 heteroatoms. The van der Waals surface area contributed by atoms with Crippen molar-refractivity contribution in [3.8, 4) is 0 Å². The highest BCUT2D eigenvalue weighted by Crippen LogP contribution is 2.14. The van der Waals surface area contributed by atoms with Crippen LogP contribution in [0.1, 0.15) is 24.2 Å². The maximum Gasteiger partial charge on any atom is 0.251 e. The molecule has 2 aromatic carbocycles. The summed E-state index contributed by atoms with van der Waals surface area (Å²) in [5.41, 5.74) is 2.27. The number of para-hydroxylation sites is 1. The molecule has 0 aliphatic carbocycles. The Morgan fingerprint density at radius 3 is 2.21 bits per heavy atom. The lowest BCUT2D eigenvalue weighted by molar-refractivity contribution is -0.115. The largest absolute Gasteiger partial charge is 0.362 e. The van der Waals surface area contributed by atoms with Crippen molar-refractivity contribution in [1.29, 1.82) is 0 Å². The molecule has 0 bridgehead atoms. The monoisotopic (exact) mass is 325 g/mol. The molecule has 0 atom stereocenters. The van der Waals surface area contributed by atoms with Crippen LogP contribution in [0, 0.1) is 0 Å². The number of amides is 2. The normalized spacial score (nSPS) is 10.1. The second kappa shape index (κ2) is 8.72. The third-order valence-electron chi connectivity index (χ3n) is 3.61. The van der Waals surface area contributed by atoms with Gasteiger partial charge >= 0.3 is 0 Å². The molecular formula is C19H23N3O2. The first-order chi connectivity index (χ1) is 11.6. The maximum absolute atomic E-state index is 12.2. The smallest absolute Gasteiger partial charge is 0.251 e. The lowest BCUT2D eigenvalue weighted by atomic mass is 10.2. The third-order valence-corrected chi connectivity index (χ3v) is 3.61.